The summed E-state index contributed by atoms with van der Waals surface area (Å²) in [4.78, 5) is 0. The van der Waals surface area contributed by atoms with Gasteiger partial charge in [-0.1, -0.05) is 30.3 Å². The van der Waals surface area contributed by atoms with Crippen molar-refractivity contribution < 1.29 is 0 Å². The van der Waals surface area contributed by atoms with Gasteiger partial charge in [0.05, 0.1) is 0 Å². The van der Waals surface area contributed by atoms with E-state index >= 15 is 0 Å². The molecule has 1 aromatic rings. The van der Waals surface area contributed by atoms with E-state index in [0.717, 1.165) is 12.2 Å². The lowest BCUT2D eigenvalue weighted by atomic mass is 9.91. The van der Waals surface area contributed by atoms with Crippen LogP contribution in [0.4, 0.5) is 0 Å². The van der Waals surface area contributed by atoms with Crippen molar-refractivity contribution in [3.63, 3.8) is 0 Å². The summed E-state index contributed by atoms with van der Waals surface area (Å²) in [6.45, 7) is 0. The molecule has 0 aliphatic carbocycles. The topological polar surface area (TPSA) is 26.0 Å². The van der Waals surface area contributed by atoms with Crippen molar-refractivity contribution in [2.24, 2.45) is 11.7 Å². The molecule has 1 aliphatic rings. The van der Waals surface area contributed by atoms with E-state index in [9.17, 15) is 0 Å². The first-order valence-electron chi connectivity index (χ1n) is 5.23. The summed E-state index contributed by atoms with van der Waals surface area (Å²) in [5.41, 5.74) is 7.54. The molecule has 0 aromatic heterocycles. The van der Waals surface area contributed by atoms with E-state index in [1.54, 1.807) is 0 Å². The zero-order valence-corrected chi connectivity index (χ0v) is 9.17. The molecular weight excluding hydrogens is 190 g/mol. The highest BCUT2D eigenvalue weighted by atomic mass is 32.2. The van der Waals surface area contributed by atoms with Crippen LogP contribution in [0.2, 0.25) is 0 Å². The molecule has 0 spiro atoms. The number of rotatable bonds is 2. The van der Waals surface area contributed by atoms with E-state index in [0.29, 0.717) is 12.0 Å². The molecule has 1 heterocycles. The van der Waals surface area contributed by atoms with Gasteiger partial charge in [0.15, 0.2) is 0 Å². The average molecular weight is 207 g/mol. The Balaban J connectivity index is 1.96. The van der Waals surface area contributed by atoms with E-state index in [4.69, 9.17) is 5.73 Å². The fourth-order valence-electron chi connectivity index (χ4n) is 1.97. The molecule has 0 radical (unpaired) electrons. The smallest absolute Gasteiger partial charge is 0.0162 e. The van der Waals surface area contributed by atoms with Gasteiger partial charge in [-0.2, -0.15) is 11.8 Å². The minimum atomic E-state index is 0.397. The Morgan fingerprint density at radius 1 is 1.29 bits per heavy atom. The van der Waals surface area contributed by atoms with E-state index in [-0.39, 0.29) is 0 Å². The number of nitrogens with two attached hydrogens (primary N) is 1. The minimum Gasteiger partial charge on any atom is -0.327 e. The van der Waals surface area contributed by atoms with Gasteiger partial charge in [-0.05, 0) is 30.1 Å². The highest BCUT2D eigenvalue weighted by molar-refractivity contribution is 7.99. The Morgan fingerprint density at radius 3 is 2.79 bits per heavy atom. The molecule has 1 aliphatic heterocycles. The number of benzene rings is 1. The fraction of sp³-hybridized carbons (Fsp3) is 0.500. The Hall–Kier alpha value is -0.470. The summed E-state index contributed by atoms with van der Waals surface area (Å²) in [6, 6.07) is 11.1. The van der Waals surface area contributed by atoms with Crippen LogP contribution in [0, 0.1) is 5.92 Å². The number of hydrogen-bond donors (Lipinski definition) is 1. The van der Waals surface area contributed by atoms with Crippen LogP contribution in [0.5, 0.6) is 0 Å². The van der Waals surface area contributed by atoms with Crippen molar-refractivity contribution in [2.75, 3.05) is 11.5 Å². The molecule has 1 aromatic carbocycles. The van der Waals surface area contributed by atoms with Crippen molar-refractivity contribution in [1.82, 2.24) is 0 Å². The van der Waals surface area contributed by atoms with Crippen LogP contribution < -0.4 is 5.73 Å². The highest BCUT2D eigenvalue weighted by Crippen LogP contribution is 2.25. The summed E-state index contributed by atoms with van der Waals surface area (Å²) in [6.07, 6.45) is 2.43. The van der Waals surface area contributed by atoms with Crippen molar-refractivity contribution in [2.45, 2.75) is 18.9 Å². The van der Waals surface area contributed by atoms with E-state index in [1.165, 1.54) is 17.7 Å². The first-order chi connectivity index (χ1) is 6.86. The van der Waals surface area contributed by atoms with Crippen LogP contribution in [-0.2, 0) is 6.42 Å². The van der Waals surface area contributed by atoms with Gasteiger partial charge in [-0.15, -0.1) is 0 Å². The van der Waals surface area contributed by atoms with Crippen LogP contribution in [0.3, 0.4) is 0 Å². The third kappa shape index (κ3) is 2.52. The normalized spacial score (nSPS) is 27.5. The van der Waals surface area contributed by atoms with Gasteiger partial charge in [0.2, 0.25) is 0 Å². The standard InChI is InChI=1S/C12H17NS/c13-12-9-14-7-6-11(12)8-10-4-2-1-3-5-10/h1-5,11-12H,6-9,13H2. The predicted octanol–water partition coefficient (Wildman–Crippen LogP) is 2.31. The van der Waals surface area contributed by atoms with Gasteiger partial charge >= 0.3 is 0 Å². The van der Waals surface area contributed by atoms with Crippen molar-refractivity contribution >= 4 is 11.8 Å². The Morgan fingerprint density at radius 2 is 2.07 bits per heavy atom. The first-order valence-corrected chi connectivity index (χ1v) is 6.39. The van der Waals surface area contributed by atoms with Gasteiger partial charge in [0.1, 0.15) is 0 Å². The first kappa shape index (κ1) is 10.1. The second-order valence-electron chi connectivity index (χ2n) is 3.98. The van der Waals surface area contributed by atoms with Crippen LogP contribution in [-0.4, -0.2) is 17.5 Å². The summed E-state index contributed by atoms with van der Waals surface area (Å²) < 4.78 is 0. The molecule has 76 valence electrons. The average Bonchev–Trinajstić information content (AvgIpc) is 2.23. The van der Waals surface area contributed by atoms with E-state index in [2.05, 4.69) is 30.3 Å². The summed E-state index contributed by atoms with van der Waals surface area (Å²) in [7, 11) is 0. The third-order valence-corrected chi connectivity index (χ3v) is 4.03. The highest BCUT2D eigenvalue weighted by Gasteiger charge is 2.21. The summed E-state index contributed by atoms with van der Waals surface area (Å²) in [5, 5.41) is 0. The Bertz CT molecular complexity index is 273. The quantitative estimate of drug-likeness (QED) is 0.805. The van der Waals surface area contributed by atoms with Gasteiger partial charge in [0, 0.05) is 11.8 Å². The van der Waals surface area contributed by atoms with Gasteiger partial charge in [0.25, 0.3) is 0 Å². The molecule has 2 heteroatoms. The predicted molar refractivity (Wildman–Crippen MR) is 63.6 cm³/mol. The lowest BCUT2D eigenvalue weighted by Gasteiger charge is -2.28. The molecule has 2 unspecified atom stereocenters. The largest absolute Gasteiger partial charge is 0.327 e. The zero-order valence-electron chi connectivity index (χ0n) is 8.36. The molecule has 14 heavy (non-hydrogen) atoms. The van der Waals surface area contributed by atoms with E-state index < -0.39 is 0 Å². The summed E-state index contributed by atoms with van der Waals surface area (Å²) in [5.74, 6) is 3.11. The fourth-order valence-corrected chi connectivity index (χ4v) is 3.15. The lowest BCUT2D eigenvalue weighted by molar-refractivity contribution is 0.425. The second-order valence-corrected chi connectivity index (χ2v) is 5.13. The molecular formula is C12H17NS. The maximum absolute atomic E-state index is 6.11. The molecule has 1 fully saturated rings. The van der Waals surface area contributed by atoms with Gasteiger partial charge in [-0.3, -0.25) is 0 Å². The van der Waals surface area contributed by atoms with Gasteiger partial charge < -0.3 is 5.73 Å². The van der Waals surface area contributed by atoms with Crippen LogP contribution >= 0.6 is 11.8 Å². The molecule has 1 saturated heterocycles. The maximum atomic E-state index is 6.11. The Kier molecular flexibility index (Phi) is 3.49. The molecule has 0 saturated carbocycles. The molecule has 0 amide bonds. The van der Waals surface area contributed by atoms with Crippen molar-refractivity contribution in [3.8, 4) is 0 Å². The molecule has 1 nitrogen and oxygen atoms in total. The minimum absolute atomic E-state index is 0.397. The van der Waals surface area contributed by atoms with Gasteiger partial charge in [-0.25, -0.2) is 0 Å². The maximum Gasteiger partial charge on any atom is 0.0162 e. The van der Waals surface area contributed by atoms with E-state index in [1.807, 2.05) is 11.8 Å². The number of thioether (sulfide) groups is 1. The van der Waals surface area contributed by atoms with Crippen molar-refractivity contribution in [3.05, 3.63) is 35.9 Å². The molecule has 2 N–H and O–H groups in total. The lowest BCUT2D eigenvalue weighted by Crippen LogP contribution is -2.37. The SMILES string of the molecule is NC1CSCCC1Cc1ccccc1. The Labute approximate surface area is 90.1 Å². The monoisotopic (exact) mass is 207 g/mol. The zero-order chi connectivity index (χ0) is 9.80. The second kappa shape index (κ2) is 4.85. The molecule has 2 rings (SSSR count). The number of hydrogen-bond acceptors (Lipinski definition) is 2. The van der Waals surface area contributed by atoms with Crippen LogP contribution in [0.25, 0.3) is 0 Å². The van der Waals surface area contributed by atoms with Crippen LogP contribution in [0.1, 0.15) is 12.0 Å². The van der Waals surface area contributed by atoms with Crippen LogP contribution in [0.15, 0.2) is 30.3 Å². The molecule has 2 atom stereocenters. The molecule has 0 bridgehead atoms. The van der Waals surface area contributed by atoms with Crippen molar-refractivity contribution in [1.29, 1.82) is 0 Å². The summed E-state index contributed by atoms with van der Waals surface area (Å²) >= 11 is 1.99. The third-order valence-electron chi connectivity index (χ3n) is 2.89.